The Morgan fingerprint density at radius 3 is 3.09 bits per heavy atom. The van der Waals surface area contributed by atoms with Gasteiger partial charge in [0.2, 0.25) is 0 Å². The second kappa shape index (κ2) is 2.24. The molecule has 11 heavy (non-hydrogen) atoms. The fraction of sp³-hybridized carbons (Fsp3) is 0.125. The molecule has 0 amide bonds. The summed E-state index contributed by atoms with van der Waals surface area (Å²) in [6.45, 7) is 2.01. The van der Waals surface area contributed by atoms with Crippen LogP contribution in [0.25, 0.3) is 5.52 Å². The molecular weight excluding hydrogens is 160 g/mol. The molecule has 0 N–H and O–H groups in total. The molecule has 3 heteroatoms. The van der Waals surface area contributed by atoms with Crippen molar-refractivity contribution >= 4 is 17.1 Å². The summed E-state index contributed by atoms with van der Waals surface area (Å²) in [6.07, 6.45) is 1.74. The zero-order valence-electron chi connectivity index (χ0n) is 6.08. The van der Waals surface area contributed by atoms with Gasteiger partial charge in [-0.3, -0.25) is 0 Å². The minimum atomic E-state index is 0.657. The summed E-state index contributed by atoms with van der Waals surface area (Å²) >= 11 is 5.90. The average molecular weight is 167 g/mol. The van der Waals surface area contributed by atoms with Crippen molar-refractivity contribution in [3.05, 3.63) is 35.1 Å². The SMILES string of the molecule is Cc1cc(Cl)n2nccc2c1. The maximum absolute atomic E-state index is 5.90. The highest BCUT2D eigenvalue weighted by Crippen LogP contribution is 2.14. The Bertz CT molecular complexity index is 392. The van der Waals surface area contributed by atoms with Crippen LogP contribution in [0.5, 0.6) is 0 Å². The number of hydrogen-bond acceptors (Lipinski definition) is 1. The first-order chi connectivity index (χ1) is 5.27. The Kier molecular flexibility index (Phi) is 1.36. The molecule has 0 spiro atoms. The first-order valence-corrected chi connectivity index (χ1v) is 3.75. The van der Waals surface area contributed by atoms with Crippen molar-refractivity contribution in [2.24, 2.45) is 0 Å². The lowest BCUT2D eigenvalue weighted by Gasteiger charge is -1.97. The Morgan fingerprint density at radius 1 is 1.45 bits per heavy atom. The molecule has 0 aliphatic carbocycles. The number of aromatic nitrogens is 2. The summed E-state index contributed by atoms with van der Waals surface area (Å²) in [7, 11) is 0. The molecule has 0 aliphatic rings. The van der Waals surface area contributed by atoms with E-state index in [1.165, 1.54) is 0 Å². The lowest BCUT2D eigenvalue weighted by atomic mass is 10.3. The lowest BCUT2D eigenvalue weighted by Crippen LogP contribution is -1.88. The van der Waals surface area contributed by atoms with E-state index < -0.39 is 0 Å². The minimum absolute atomic E-state index is 0.657. The highest BCUT2D eigenvalue weighted by molar-refractivity contribution is 6.29. The van der Waals surface area contributed by atoms with Gasteiger partial charge in [0.25, 0.3) is 0 Å². The van der Waals surface area contributed by atoms with E-state index in [-0.39, 0.29) is 0 Å². The van der Waals surface area contributed by atoms with Crippen molar-refractivity contribution < 1.29 is 0 Å². The summed E-state index contributed by atoms with van der Waals surface area (Å²) in [5.74, 6) is 0. The summed E-state index contributed by atoms with van der Waals surface area (Å²) in [5.41, 5.74) is 2.19. The molecule has 0 fully saturated rings. The van der Waals surface area contributed by atoms with Gasteiger partial charge < -0.3 is 0 Å². The summed E-state index contributed by atoms with van der Waals surface area (Å²) < 4.78 is 1.70. The van der Waals surface area contributed by atoms with E-state index >= 15 is 0 Å². The molecule has 56 valence electrons. The molecule has 0 bridgehead atoms. The van der Waals surface area contributed by atoms with Crippen LogP contribution in [0.3, 0.4) is 0 Å². The van der Waals surface area contributed by atoms with Crippen molar-refractivity contribution in [3.63, 3.8) is 0 Å². The fourth-order valence-corrected chi connectivity index (χ4v) is 1.44. The van der Waals surface area contributed by atoms with E-state index in [1.54, 1.807) is 10.7 Å². The van der Waals surface area contributed by atoms with Crippen LogP contribution in [0, 0.1) is 6.92 Å². The van der Waals surface area contributed by atoms with Crippen molar-refractivity contribution in [1.82, 2.24) is 9.61 Å². The van der Waals surface area contributed by atoms with Crippen molar-refractivity contribution in [2.75, 3.05) is 0 Å². The van der Waals surface area contributed by atoms with E-state index in [2.05, 4.69) is 5.10 Å². The molecule has 0 saturated heterocycles. The Morgan fingerprint density at radius 2 is 2.27 bits per heavy atom. The number of aryl methyl sites for hydroxylation is 1. The molecule has 2 aromatic rings. The predicted molar refractivity (Wildman–Crippen MR) is 44.9 cm³/mol. The van der Waals surface area contributed by atoms with E-state index in [9.17, 15) is 0 Å². The van der Waals surface area contributed by atoms with Crippen molar-refractivity contribution in [1.29, 1.82) is 0 Å². The van der Waals surface area contributed by atoms with Crippen molar-refractivity contribution in [2.45, 2.75) is 6.92 Å². The van der Waals surface area contributed by atoms with Gasteiger partial charge in [-0.15, -0.1) is 0 Å². The molecule has 2 rings (SSSR count). The maximum Gasteiger partial charge on any atom is 0.131 e. The Hall–Kier alpha value is -1.02. The number of rotatable bonds is 0. The molecule has 2 nitrogen and oxygen atoms in total. The average Bonchev–Trinajstić information content (AvgIpc) is 2.34. The standard InChI is InChI=1S/C8H7ClN2/c1-6-4-7-2-3-10-11(7)8(9)5-6/h2-5H,1H3. The van der Waals surface area contributed by atoms with Gasteiger partial charge in [0.05, 0.1) is 11.7 Å². The monoisotopic (exact) mass is 166 g/mol. The zero-order chi connectivity index (χ0) is 7.84. The number of fused-ring (bicyclic) bond motifs is 1. The van der Waals surface area contributed by atoms with Gasteiger partial charge in [-0.05, 0) is 30.7 Å². The maximum atomic E-state index is 5.90. The van der Waals surface area contributed by atoms with Crippen LogP contribution in [-0.2, 0) is 0 Å². The molecule has 0 unspecified atom stereocenters. The molecular formula is C8H7ClN2. The first kappa shape index (κ1) is 6.68. The predicted octanol–water partition coefficient (Wildman–Crippen LogP) is 2.30. The second-order valence-corrected chi connectivity index (χ2v) is 2.91. The van der Waals surface area contributed by atoms with Gasteiger partial charge in [0.1, 0.15) is 5.15 Å². The number of nitrogens with zero attached hydrogens (tertiary/aromatic N) is 2. The van der Waals surface area contributed by atoms with Crippen LogP contribution < -0.4 is 0 Å². The summed E-state index contributed by atoms with van der Waals surface area (Å²) in [5, 5.41) is 4.70. The third kappa shape index (κ3) is 0.994. The molecule has 0 aromatic carbocycles. The number of pyridine rings is 1. The van der Waals surface area contributed by atoms with Gasteiger partial charge in [0.15, 0.2) is 0 Å². The highest BCUT2D eigenvalue weighted by Gasteiger charge is 1.98. The van der Waals surface area contributed by atoms with E-state index in [4.69, 9.17) is 11.6 Å². The van der Waals surface area contributed by atoms with Gasteiger partial charge in [0, 0.05) is 0 Å². The summed E-state index contributed by atoms with van der Waals surface area (Å²) in [4.78, 5) is 0. The van der Waals surface area contributed by atoms with Crippen LogP contribution >= 0.6 is 11.6 Å². The van der Waals surface area contributed by atoms with E-state index in [0.29, 0.717) is 5.15 Å². The topological polar surface area (TPSA) is 17.3 Å². The van der Waals surface area contributed by atoms with Gasteiger partial charge in [-0.25, -0.2) is 4.52 Å². The minimum Gasteiger partial charge on any atom is -0.222 e. The molecule has 2 heterocycles. The van der Waals surface area contributed by atoms with Gasteiger partial charge in [-0.2, -0.15) is 5.10 Å². The lowest BCUT2D eigenvalue weighted by molar-refractivity contribution is 0.958. The molecule has 0 saturated carbocycles. The largest absolute Gasteiger partial charge is 0.222 e. The normalized spacial score (nSPS) is 10.7. The molecule has 2 aromatic heterocycles. The number of hydrogen-bond donors (Lipinski definition) is 0. The van der Waals surface area contributed by atoms with Crippen LogP contribution in [0.15, 0.2) is 24.4 Å². The van der Waals surface area contributed by atoms with Crippen LogP contribution in [-0.4, -0.2) is 9.61 Å². The Labute approximate surface area is 69.4 Å². The Balaban J connectivity index is 2.91. The smallest absolute Gasteiger partial charge is 0.131 e. The fourth-order valence-electron chi connectivity index (χ4n) is 1.13. The highest BCUT2D eigenvalue weighted by atomic mass is 35.5. The van der Waals surface area contributed by atoms with Gasteiger partial charge in [-0.1, -0.05) is 11.6 Å². The third-order valence-electron chi connectivity index (χ3n) is 1.60. The molecule has 0 aliphatic heterocycles. The van der Waals surface area contributed by atoms with E-state index in [0.717, 1.165) is 11.1 Å². The van der Waals surface area contributed by atoms with Crippen molar-refractivity contribution in [3.8, 4) is 0 Å². The van der Waals surface area contributed by atoms with Crippen LogP contribution in [0.1, 0.15) is 5.56 Å². The third-order valence-corrected chi connectivity index (χ3v) is 1.87. The second-order valence-electron chi connectivity index (χ2n) is 2.52. The van der Waals surface area contributed by atoms with Gasteiger partial charge >= 0.3 is 0 Å². The first-order valence-electron chi connectivity index (χ1n) is 3.37. The molecule has 0 radical (unpaired) electrons. The summed E-state index contributed by atoms with van der Waals surface area (Å²) in [6, 6.07) is 5.86. The quantitative estimate of drug-likeness (QED) is 0.549. The van der Waals surface area contributed by atoms with E-state index in [1.807, 2.05) is 25.1 Å². The number of halogens is 1. The van der Waals surface area contributed by atoms with Crippen LogP contribution in [0.4, 0.5) is 0 Å². The van der Waals surface area contributed by atoms with Crippen LogP contribution in [0.2, 0.25) is 5.15 Å². The molecule has 0 atom stereocenters. The zero-order valence-corrected chi connectivity index (χ0v) is 6.84.